The zero-order chi connectivity index (χ0) is 8.39. The van der Waals surface area contributed by atoms with Crippen molar-refractivity contribution < 1.29 is 0 Å². The normalized spacial score (nSPS) is 10.1. The van der Waals surface area contributed by atoms with E-state index in [-0.39, 0.29) is 0 Å². The summed E-state index contributed by atoms with van der Waals surface area (Å²) >= 11 is 4.18. The molecule has 4 heteroatoms. The molecule has 1 aromatic carbocycles. The van der Waals surface area contributed by atoms with E-state index in [0.717, 1.165) is 10.6 Å². The molecule has 2 aromatic rings. The molecule has 60 valence electrons. The maximum atomic E-state index is 4.18. The second kappa shape index (κ2) is 2.98. The van der Waals surface area contributed by atoms with E-state index >= 15 is 0 Å². The molecule has 12 heavy (non-hydrogen) atoms. The molecule has 0 bridgehead atoms. The zero-order valence-corrected chi connectivity index (χ0v) is 7.15. The molecular formula is C8H7N3S. The van der Waals surface area contributed by atoms with Gasteiger partial charge in [-0.1, -0.05) is 5.21 Å². The Morgan fingerprint density at radius 2 is 1.92 bits per heavy atom. The van der Waals surface area contributed by atoms with E-state index in [2.05, 4.69) is 22.9 Å². The zero-order valence-electron chi connectivity index (χ0n) is 6.25. The highest BCUT2D eigenvalue weighted by atomic mass is 32.1. The highest BCUT2D eigenvalue weighted by molar-refractivity contribution is 7.80. The summed E-state index contributed by atoms with van der Waals surface area (Å²) in [7, 11) is 0. The van der Waals surface area contributed by atoms with Crippen LogP contribution in [0.3, 0.4) is 0 Å². The van der Waals surface area contributed by atoms with E-state index in [4.69, 9.17) is 0 Å². The van der Waals surface area contributed by atoms with E-state index in [1.807, 2.05) is 24.3 Å². The average molecular weight is 177 g/mol. The second-order valence-corrected chi connectivity index (χ2v) is 2.88. The molecule has 3 nitrogen and oxygen atoms in total. The quantitative estimate of drug-likeness (QED) is 0.670. The third kappa shape index (κ3) is 1.33. The molecule has 0 aliphatic carbocycles. The molecule has 0 radical (unpaired) electrons. The largest absolute Gasteiger partial charge is 0.221 e. The third-order valence-corrected chi connectivity index (χ3v) is 1.83. The number of hydrogen-bond acceptors (Lipinski definition) is 3. The van der Waals surface area contributed by atoms with Crippen LogP contribution >= 0.6 is 12.6 Å². The summed E-state index contributed by atoms with van der Waals surface area (Å²) in [6.45, 7) is 0. The van der Waals surface area contributed by atoms with Gasteiger partial charge >= 0.3 is 0 Å². The van der Waals surface area contributed by atoms with Crippen LogP contribution in [-0.2, 0) is 0 Å². The molecule has 0 aliphatic heterocycles. The van der Waals surface area contributed by atoms with Crippen molar-refractivity contribution in [3.05, 3.63) is 36.7 Å². The number of hydrogen-bond donors (Lipinski definition) is 1. The molecule has 0 spiro atoms. The summed E-state index contributed by atoms with van der Waals surface area (Å²) in [6.07, 6.45) is 3.45. The van der Waals surface area contributed by atoms with Crippen molar-refractivity contribution in [2.45, 2.75) is 4.90 Å². The minimum Gasteiger partial charge on any atom is -0.221 e. The Balaban J connectivity index is 2.43. The van der Waals surface area contributed by atoms with Crippen molar-refractivity contribution in [2.24, 2.45) is 0 Å². The molecule has 0 fully saturated rings. The molecule has 0 N–H and O–H groups in total. The lowest BCUT2D eigenvalue weighted by Crippen LogP contribution is -1.93. The van der Waals surface area contributed by atoms with Crippen LogP contribution in [0.25, 0.3) is 5.69 Å². The van der Waals surface area contributed by atoms with Gasteiger partial charge in [0.05, 0.1) is 18.1 Å². The van der Waals surface area contributed by atoms with Crippen molar-refractivity contribution in [1.82, 2.24) is 15.0 Å². The molecule has 0 atom stereocenters. The first-order valence-electron chi connectivity index (χ1n) is 3.52. The Morgan fingerprint density at radius 3 is 2.50 bits per heavy atom. The van der Waals surface area contributed by atoms with Gasteiger partial charge in [0.15, 0.2) is 0 Å². The molecule has 0 saturated carbocycles. The molecule has 0 amide bonds. The summed E-state index contributed by atoms with van der Waals surface area (Å²) in [4.78, 5) is 0.943. The number of benzene rings is 1. The Morgan fingerprint density at radius 1 is 1.17 bits per heavy atom. The van der Waals surface area contributed by atoms with E-state index in [1.165, 1.54) is 0 Å². The van der Waals surface area contributed by atoms with Gasteiger partial charge in [0.25, 0.3) is 0 Å². The van der Waals surface area contributed by atoms with Crippen molar-refractivity contribution >= 4 is 12.6 Å². The topological polar surface area (TPSA) is 30.7 Å². The molecule has 1 aromatic heterocycles. The molecule has 2 rings (SSSR count). The fraction of sp³-hybridized carbons (Fsp3) is 0. The van der Waals surface area contributed by atoms with Crippen molar-refractivity contribution in [3.8, 4) is 5.69 Å². The van der Waals surface area contributed by atoms with Crippen LogP contribution < -0.4 is 0 Å². The third-order valence-electron chi connectivity index (χ3n) is 1.54. The van der Waals surface area contributed by atoms with Gasteiger partial charge in [-0.25, -0.2) is 4.68 Å². The number of nitrogens with zero attached hydrogens (tertiary/aromatic N) is 3. The number of rotatable bonds is 1. The highest BCUT2D eigenvalue weighted by Gasteiger charge is 1.94. The van der Waals surface area contributed by atoms with Crippen molar-refractivity contribution in [2.75, 3.05) is 0 Å². The smallest absolute Gasteiger partial charge is 0.0697 e. The molecule has 0 aliphatic rings. The molecule has 1 heterocycles. The van der Waals surface area contributed by atoms with E-state index in [0.29, 0.717) is 0 Å². The Hall–Kier alpha value is -1.29. The predicted octanol–water partition coefficient (Wildman–Crippen LogP) is 1.56. The highest BCUT2D eigenvalue weighted by Crippen LogP contribution is 2.10. The first-order chi connectivity index (χ1) is 5.86. The summed E-state index contributed by atoms with van der Waals surface area (Å²) in [5.74, 6) is 0. The minimum absolute atomic E-state index is 0.943. The maximum absolute atomic E-state index is 4.18. The van der Waals surface area contributed by atoms with Gasteiger partial charge in [-0.15, -0.1) is 17.7 Å². The first kappa shape index (κ1) is 7.36. The Kier molecular flexibility index (Phi) is 1.83. The van der Waals surface area contributed by atoms with E-state index < -0.39 is 0 Å². The van der Waals surface area contributed by atoms with Gasteiger partial charge in [0, 0.05) is 4.90 Å². The monoisotopic (exact) mass is 177 g/mol. The van der Waals surface area contributed by atoms with Crippen molar-refractivity contribution in [3.63, 3.8) is 0 Å². The van der Waals surface area contributed by atoms with E-state index in [1.54, 1.807) is 17.1 Å². The van der Waals surface area contributed by atoms with Gasteiger partial charge < -0.3 is 0 Å². The standard InChI is InChI=1S/C8H7N3S/c12-8-3-1-7(2-4-8)11-6-5-9-10-11/h1-6,12H. The van der Waals surface area contributed by atoms with E-state index in [9.17, 15) is 0 Å². The first-order valence-corrected chi connectivity index (χ1v) is 3.97. The summed E-state index contributed by atoms with van der Waals surface area (Å²) in [6, 6.07) is 7.72. The van der Waals surface area contributed by atoms with Crippen LogP contribution in [-0.4, -0.2) is 15.0 Å². The second-order valence-electron chi connectivity index (χ2n) is 2.36. The van der Waals surface area contributed by atoms with Gasteiger partial charge in [0.1, 0.15) is 0 Å². The minimum atomic E-state index is 0.943. The lowest BCUT2D eigenvalue weighted by molar-refractivity contribution is 0.802. The molecule has 0 unspecified atom stereocenters. The fourth-order valence-corrected chi connectivity index (χ4v) is 1.10. The summed E-state index contributed by atoms with van der Waals surface area (Å²) in [5, 5.41) is 7.57. The summed E-state index contributed by atoms with van der Waals surface area (Å²) in [5.41, 5.74) is 0.991. The van der Waals surface area contributed by atoms with Crippen molar-refractivity contribution in [1.29, 1.82) is 0 Å². The fourth-order valence-electron chi connectivity index (χ4n) is 0.951. The van der Waals surface area contributed by atoms with Gasteiger partial charge in [-0.3, -0.25) is 0 Å². The lowest BCUT2D eigenvalue weighted by Gasteiger charge is -1.98. The van der Waals surface area contributed by atoms with Crippen LogP contribution in [0.2, 0.25) is 0 Å². The number of thiol groups is 1. The number of aromatic nitrogens is 3. The summed E-state index contributed by atoms with van der Waals surface area (Å²) < 4.78 is 1.70. The van der Waals surface area contributed by atoms with Crippen LogP contribution in [0, 0.1) is 0 Å². The van der Waals surface area contributed by atoms with Gasteiger partial charge in [0.2, 0.25) is 0 Å². The van der Waals surface area contributed by atoms with Gasteiger partial charge in [-0.05, 0) is 24.3 Å². The van der Waals surface area contributed by atoms with Crippen LogP contribution in [0.4, 0.5) is 0 Å². The van der Waals surface area contributed by atoms with Crippen LogP contribution in [0.1, 0.15) is 0 Å². The molecule has 0 saturated heterocycles. The maximum Gasteiger partial charge on any atom is 0.0697 e. The van der Waals surface area contributed by atoms with Crippen LogP contribution in [0.15, 0.2) is 41.6 Å². The molecular weight excluding hydrogens is 170 g/mol. The SMILES string of the molecule is Sc1ccc(-n2ccnn2)cc1. The Bertz CT molecular complexity index is 352. The lowest BCUT2D eigenvalue weighted by atomic mass is 10.3. The average Bonchev–Trinajstić information content (AvgIpc) is 2.58. The Labute approximate surface area is 75.4 Å². The predicted molar refractivity (Wildman–Crippen MR) is 48.6 cm³/mol. The van der Waals surface area contributed by atoms with Crippen LogP contribution in [0.5, 0.6) is 0 Å². The van der Waals surface area contributed by atoms with Gasteiger partial charge in [-0.2, -0.15) is 0 Å².